The number of carbonyl (C=O) groups is 3. The van der Waals surface area contributed by atoms with Crippen LogP contribution in [0.15, 0.2) is 60.7 Å². The Morgan fingerprint density at radius 2 is 1.46 bits per heavy atom. The van der Waals surface area contributed by atoms with Gasteiger partial charge in [0.1, 0.15) is 12.6 Å². The second-order valence-electron chi connectivity index (χ2n) is 5.12. The number of amides is 1. The maximum atomic E-state index is 11.9. The third kappa shape index (κ3) is 5.24. The van der Waals surface area contributed by atoms with Gasteiger partial charge in [-0.2, -0.15) is 0 Å². The van der Waals surface area contributed by atoms with Crippen molar-refractivity contribution >= 4 is 17.8 Å². The molecule has 0 spiro atoms. The van der Waals surface area contributed by atoms with Crippen LogP contribution < -0.4 is 5.32 Å². The van der Waals surface area contributed by atoms with Crippen molar-refractivity contribution < 1.29 is 24.2 Å². The molecule has 6 nitrogen and oxygen atoms in total. The SMILES string of the molecule is O=C(NC(Cc1ccccc1)C(=O)C(=O)O)OCc1ccccc1. The van der Waals surface area contributed by atoms with Crippen LogP contribution in [-0.4, -0.2) is 29.0 Å². The summed E-state index contributed by atoms with van der Waals surface area (Å²) in [5.41, 5.74) is 1.53. The van der Waals surface area contributed by atoms with E-state index >= 15 is 0 Å². The Morgan fingerprint density at radius 1 is 0.917 bits per heavy atom. The predicted octanol–water partition coefficient (Wildman–Crippen LogP) is 2.18. The van der Waals surface area contributed by atoms with Crippen LogP contribution in [0, 0.1) is 0 Å². The molecule has 1 atom stereocenters. The fraction of sp³-hybridized carbons (Fsp3) is 0.167. The number of ketones is 1. The molecule has 2 aromatic rings. The van der Waals surface area contributed by atoms with Gasteiger partial charge in [-0.3, -0.25) is 4.79 Å². The number of Topliss-reactive ketones (excluding diaryl/α,β-unsaturated/α-hetero) is 1. The van der Waals surface area contributed by atoms with Crippen LogP contribution in [0.2, 0.25) is 0 Å². The van der Waals surface area contributed by atoms with Gasteiger partial charge >= 0.3 is 12.1 Å². The third-order valence-electron chi connectivity index (χ3n) is 3.31. The van der Waals surface area contributed by atoms with Gasteiger partial charge in [-0.15, -0.1) is 0 Å². The van der Waals surface area contributed by atoms with Crippen LogP contribution in [0.3, 0.4) is 0 Å². The van der Waals surface area contributed by atoms with E-state index in [1.165, 1.54) is 0 Å². The van der Waals surface area contributed by atoms with Crippen LogP contribution in [0.5, 0.6) is 0 Å². The lowest BCUT2D eigenvalue weighted by molar-refractivity contribution is -0.150. The zero-order chi connectivity index (χ0) is 17.4. The molecule has 0 aliphatic heterocycles. The molecule has 0 fully saturated rings. The minimum Gasteiger partial charge on any atom is -0.475 e. The number of hydrogen-bond acceptors (Lipinski definition) is 4. The second-order valence-corrected chi connectivity index (χ2v) is 5.12. The molecule has 24 heavy (non-hydrogen) atoms. The van der Waals surface area contributed by atoms with E-state index in [2.05, 4.69) is 5.32 Å². The van der Waals surface area contributed by atoms with Crippen molar-refractivity contribution in [1.29, 1.82) is 0 Å². The lowest BCUT2D eigenvalue weighted by Gasteiger charge is -2.16. The zero-order valence-corrected chi connectivity index (χ0v) is 12.8. The summed E-state index contributed by atoms with van der Waals surface area (Å²) in [4.78, 5) is 34.6. The molecule has 1 unspecified atom stereocenters. The summed E-state index contributed by atoms with van der Waals surface area (Å²) in [7, 11) is 0. The number of ether oxygens (including phenoxy) is 1. The molecular weight excluding hydrogens is 310 g/mol. The molecule has 2 N–H and O–H groups in total. The normalized spacial score (nSPS) is 11.3. The molecule has 0 aromatic heterocycles. The number of nitrogens with one attached hydrogen (secondary N) is 1. The number of hydrogen-bond donors (Lipinski definition) is 2. The number of rotatable bonds is 7. The van der Waals surface area contributed by atoms with Gasteiger partial charge in [0.25, 0.3) is 5.78 Å². The molecular formula is C18H17NO5. The van der Waals surface area contributed by atoms with E-state index in [4.69, 9.17) is 9.84 Å². The molecule has 6 heteroatoms. The summed E-state index contributed by atoms with van der Waals surface area (Å²) in [6, 6.07) is 16.7. The van der Waals surface area contributed by atoms with Gasteiger partial charge in [0.15, 0.2) is 0 Å². The van der Waals surface area contributed by atoms with Crippen LogP contribution in [0.4, 0.5) is 4.79 Å². The van der Waals surface area contributed by atoms with Crippen molar-refractivity contribution in [2.45, 2.75) is 19.1 Å². The Bertz CT molecular complexity index is 700. The van der Waals surface area contributed by atoms with Crippen LogP contribution in [0.1, 0.15) is 11.1 Å². The van der Waals surface area contributed by atoms with E-state index in [0.717, 1.165) is 11.1 Å². The number of carboxylic acid groups (broad SMARTS) is 1. The first-order valence-corrected chi connectivity index (χ1v) is 7.34. The van der Waals surface area contributed by atoms with Crippen LogP contribution in [0.25, 0.3) is 0 Å². The quantitative estimate of drug-likeness (QED) is 0.760. The molecule has 2 aromatic carbocycles. The molecule has 2 rings (SSSR count). The largest absolute Gasteiger partial charge is 0.475 e. The average Bonchev–Trinajstić information content (AvgIpc) is 2.60. The highest BCUT2D eigenvalue weighted by molar-refractivity contribution is 6.35. The molecule has 0 aliphatic rings. The van der Waals surface area contributed by atoms with Crippen molar-refractivity contribution in [3.8, 4) is 0 Å². The first-order valence-electron chi connectivity index (χ1n) is 7.34. The van der Waals surface area contributed by atoms with Gasteiger partial charge in [0.05, 0.1) is 0 Å². The average molecular weight is 327 g/mol. The van der Waals surface area contributed by atoms with E-state index in [9.17, 15) is 14.4 Å². The number of benzene rings is 2. The molecule has 0 bridgehead atoms. The van der Waals surface area contributed by atoms with E-state index in [-0.39, 0.29) is 13.0 Å². The fourth-order valence-electron chi connectivity index (χ4n) is 2.12. The topological polar surface area (TPSA) is 92.7 Å². The van der Waals surface area contributed by atoms with E-state index in [1.54, 1.807) is 42.5 Å². The van der Waals surface area contributed by atoms with Crippen LogP contribution in [-0.2, 0) is 27.4 Å². The van der Waals surface area contributed by atoms with Crippen molar-refractivity contribution in [3.63, 3.8) is 0 Å². The van der Waals surface area contributed by atoms with Crippen LogP contribution >= 0.6 is 0 Å². The van der Waals surface area contributed by atoms with Gasteiger partial charge < -0.3 is 15.2 Å². The van der Waals surface area contributed by atoms with Gasteiger partial charge in [0, 0.05) is 6.42 Å². The molecule has 0 saturated heterocycles. The Labute approximate surface area is 139 Å². The van der Waals surface area contributed by atoms with Crippen molar-refractivity contribution in [3.05, 3.63) is 71.8 Å². The number of alkyl carbamates (subject to hydrolysis) is 1. The molecule has 0 radical (unpaired) electrons. The molecule has 0 aliphatic carbocycles. The molecule has 0 saturated carbocycles. The summed E-state index contributed by atoms with van der Waals surface area (Å²) in [5.74, 6) is -2.69. The van der Waals surface area contributed by atoms with Crippen molar-refractivity contribution in [1.82, 2.24) is 5.32 Å². The van der Waals surface area contributed by atoms with E-state index in [1.807, 2.05) is 18.2 Å². The summed E-state index contributed by atoms with van der Waals surface area (Å²) in [6.07, 6.45) is -0.763. The minimum atomic E-state index is -1.60. The summed E-state index contributed by atoms with van der Waals surface area (Å²) in [6.45, 7) is 0.0337. The maximum absolute atomic E-state index is 11.9. The predicted molar refractivity (Wildman–Crippen MR) is 86.3 cm³/mol. The van der Waals surface area contributed by atoms with Gasteiger partial charge in [-0.25, -0.2) is 9.59 Å². The summed E-state index contributed by atoms with van der Waals surface area (Å²) < 4.78 is 5.03. The number of carboxylic acids is 1. The lowest BCUT2D eigenvalue weighted by Crippen LogP contribution is -2.45. The van der Waals surface area contributed by atoms with Crippen molar-refractivity contribution in [2.75, 3.05) is 0 Å². The van der Waals surface area contributed by atoms with E-state index < -0.39 is 23.9 Å². The Morgan fingerprint density at radius 3 is 2.00 bits per heavy atom. The molecule has 1 amide bonds. The van der Waals surface area contributed by atoms with Crippen molar-refractivity contribution in [2.24, 2.45) is 0 Å². The van der Waals surface area contributed by atoms with Gasteiger partial charge in [-0.05, 0) is 11.1 Å². The first kappa shape index (κ1) is 17.2. The Balaban J connectivity index is 1.97. The third-order valence-corrected chi connectivity index (χ3v) is 3.31. The smallest absolute Gasteiger partial charge is 0.408 e. The Hall–Kier alpha value is -3.15. The summed E-state index contributed by atoms with van der Waals surface area (Å²) >= 11 is 0. The summed E-state index contributed by atoms with van der Waals surface area (Å²) in [5, 5.41) is 11.2. The zero-order valence-electron chi connectivity index (χ0n) is 12.8. The van der Waals surface area contributed by atoms with E-state index in [0.29, 0.717) is 0 Å². The monoisotopic (exact) mass is 327 g/mol. The minimum absolute atomic E-state index is 0.0337. The highest BCUT2D eigenvalue weighted by Gasteiger charge is 2.27. The first-order chi connectivity index (χ1) is 11.6. The lowest BCUT2D eigenvalue weighted by atomic mass is 10.0. The highest BCUT2D eigenvalue weighted by atomic mass is 16.5. The number of aliphatic carboxylic acids is 1. The Kier molecular flexibility index (Phi) is 6.08. The molecule has 124 valence electrons. The fourth-order valence-corrected chi connectivity index (χ4v) is 2.12. The second kappa shape index (κ2) is 8.47. The van der Waals surface area contributed by atoms with Gasteiger partial charge in [0.2, 0.25) is 0 Å². The van der Waals surface area contributed by atoms with Gasteiger partial charge in [-0.1, -0.05) is 60.7 Å². The number of carbonyl (C=O) groups excluding carboxylic acids is 2. The molecule has 0 heterocycles. The standard InChI is InChI=1S/C18H17NO5/c20-16(17(21)22)15(11-13-7-3-1-4-8-13)19-18(23)24-12-14-9-5-2-6-10-14/h1-10,15H,11-12H2,(H,19,23)(H,21,22). The highest BCUT2D eigenvalue weighted by Crippen LogP contribution is 2.06. The maximum Gasteiger partial charge on any atom is 0.408 e.